The van der Waals surface area contributed by atoms with Crippen LogP contribution in [0.2, 0.25) is 0 Å². The SMILES string of the molecule is c1ccc(-c2ccc3c([C@H]4CN(Cc5cccnc5)CCO4)nnn3c2)cc1. The van der Waals surface area contributed by atoms with Crippen LogP contribution in [0.25, 0.3) is 16.6 Å². The standard InChI is InChI=1S/C22H21N5O/c1-2-6-18(7-3-1)19-8-9-20-22(24-25-27(20)15-19)21-16-26(11-12-28-21)14-17-5-4-10-23-13-17/h1-10,13,15,21H,11-12,14,16H2/t21-/m1/s1. The summed E-state index contributed by atoms with van der Waals surface area (Å²) in [6, 6.07) is 18.6. The van der Waals surface area contributed by atoms with Gasteiger partial charge in [-0.1, -0.05) is 47.7 Å². The van der Waals surface area contributed by atoms with Gasteiger partial charge in [0.15, 0.2) is 0 Å². The minimum atomic E-state index is -0.0782. The quantitative estimate of drug-likeness (QED) is 0.551. The van der Waals surface area contributed by atoms with Crippen LogP contribution >= 0.6 is 0 Å². The van der Waals surface area contributed by atoms with Crippen molar-refractivity contribution in [1.29, 1.82) is 0 Å². The van der Waals surface area contributed by atoms with E-state index in [0.717, 1.165) is 42.0 Å². The molecule has 5 rings (SSSR count). The van der Waals surface area contributed by atoms with Gasteiger partial charge in [0, 0.05) is 43.8 Å². The first kappa shape index (κ1) is 17.0. The van der Waals surface area contributed by atoms with Crippen molar-refractivity contribution in [3.8, 4) is 11.1 Å². The van der Waals surface area contributed by atoms with E-state index in [1.54, 1.807) is 6.20 Å². The second-order valence-corrected chi connectivity index (χ2v) is 7.04. The van der Waals surface area contributed by atoms with Crippen LogP contribution in [-0.4, -0.2) is 44.4 Å². The Hall–Kier alpha value is -3.09. The van der Waals surface area contributed by atoms with E-state index in [-0.39, 0.29) is 6.10 Å². The third-order valence-corrected chi connectivity index (χ3v) is 5.13. The molecular formula is C22H21N5O. The van der Waals surface area contributed by atoms with Gasteiger partial charge in [-0.3, -0.25) is 9.88 Å². The van der Waals surface area contributed by atoms with Gasteiger partial charge in [0.05, 0.1) is 12.1 Å². The minimum Gasteiger partial charge on any atom is -0.369 e. The lowest BCUT2D eigenvalue weighted by Gasteiger charge is -2.32. The highest BCUT2D eigenvalue weighted by atomic mass is 16.5. The maximum Gasteiger partial charge on any atom is 0.121 e. The van der Waals surface area contributed by atoms with Crippen molar-refractivity contribution in [1.82, 2.24) is 24.7 Å². The first-order valence-corrected chi connectivity index (χ1v) is 9.50. The molecule has 28 heavy (non-hydrogen) atoms. The number of rotatable bonds is 4. The van der Waals surface area contributed by atoms with Crippen molar-refractivity contribution in [3.63, 3.8) is 0 Å². The first-order chi connectivity index (χ1) is 13.9. The molecule has 1 atom stereocenters. The fourth-order valence-corrected chi connectivity index (χ4v) is 3.71. The molecule has 0 N–H and O–H groups in total. The monoisotopic (exact) mass is 371 g/mol. The summed E-state index contributed by atoms with van der Waals surface area (Å²) in [6.07, 6.45) is 5.67. The topological polar surface area (TPSA) is 55.5 Å². The molecule has 1 aliphatic heterocycles. The van der Waals surface area contributed by atoms with E-state index in [0.29, 0.717) is 6.61 Å². The summed E-state index contributed by atoms with van der Waals surface area (Å²) in [6.45, 7) is 3.25. The molecule has 4 aromatic rings. The Balaban J connectivity index is 1.38. The Morgan fingerprint density at radius 2 is 1.93 bits per heavy atom. The van der Waals surface area contributed by atoms with Gasteiger partial charge in [-0.05, 0) is 23.3 Å². The smallest absolute Gasteiger partial charge is 0.121 e. The van der Waals surface area contributed by atoms with Crippen LogP contribution in [0.4, 0.5) is 0 Å². The fraction of sp³-hybridized carbons (Fsp3) is 0.227. The summed E-state index contributed by atoms with van der Waals surface area (Å²) < 4.78 is 7.89. The van der Waals surface area contributed by atoms with Crippen molar-refractivity contribution in [2.45, 2.75) is 12.6 Å². The number of aromatic nitrogens is 4. The van der Waals surface area contributed by atoms with E-state index in [1.807, 2.05) is 41.2 Å². The van der Waals surface area contributed by atoms with Crippen LogP contribution in [0.3, 0.4) is 0 Å². The Kier molecular flexibility index (Phi) is 4.56. The van der Waals surface area contributed by atoms with Crippen LogP contribution in [0.1, 0.15) is 17.4 Å². The highest BCUT2D eigenvalue weighted by Crippen LogP contribution is 2.27. The zero-order chi connectivity index (χ0) is 18.8. The first-order valence-electron chi connectivity index (χ1n) is 9.50. The summed E-state index contributed by atoms with van der Waals surface area (Å²) in [5.41, 5.74) is 5.39. The molecule has 0 bridgehead atoms. The normalized spacial score (nSPS) is 17.8. The molecule has 0 saturated carbocycles. The van der Waals surface area contributed by atoms with Crippen LogP contribution in [0.5, 0.6) is 0 Å². The number of benzene rings is 1. The van der Waals surface area contributed by atoms with Gasteiger partial charge >= 0.3 is 0 Å². The van der Waals surface area contributed by atoms with Gasteiger partial charge in [0.25, 0.3) is 0 Å². The van der Waals surface area contributed by atoms with Crippen molar-refractivity contribution in [3.05, 3.63) is 84.4 Å². The maximum atomic E-state index is 6.04. The molecule has 0 aliphatic carbocycles. The molecule has 6 nitrogen and oxygen atoms in total. The molecule has 3 aromatic heterocycles. The second-order valence-electron chi connectivity index (χ2n) is 7.04. The Labute approximate surface area is 163 Å². The molecule has 140 valence electrons. The Morgan fingerprint density at radius 3 is 2.79 bits per heavy atom. The average Bonchev–Trinajstić information content (AvgIpc) is 3.19. The van der Waals surface area contributed by atoms with E-state index in [1.165, 1.54) is 5.56 Å². The molecule has 6 heteroatoms. The van der Waals surface area contributed by atoms with Gasteiger partial charge in [-0.15, -0.1) is 5.10 Å². The summed E-state index contributed by atoms with van der Waals surface area (Å²) in [7, 11) is 0. The summed E-state index contributed by atoms with van der Waals surface area (Å²) in [5.74, 6) is 0. The third kappa shape index (κ3) is 3.40. The van der Waals surface area contributed by atoms with E-state index in [2.05, 4.69) is 50.5 Å². The van der Waals surface area contributed by atoms with Gasteiger partial charge in [-0.2, -0.15) is 0 Å². The van der Waals surface area contributed by atoms with Crippen molar-refractivity contribution >= 4 is 5.52 Å². The van der Waals surface area contributed by atoms with Crippen LogP contribution < -0.4 is 0 Å². The molecule has 1 saturated heterocycles. The maximum absolute atomic E-state index is 6.04. The van der Waals surface area contributed by atoms with Gasteiger partial charge in [0.1, 0.15) is 11.8 Å². The van der Waals surface area contributed by atoms with Crippen LogP contribution in [0.15, 0.2) is 73.2 Å². The van der Waals surface area contributed by atoms with Gasteiger partial charge in [-0.25, -0.2) is 4.52 Å². The van der Waals surface area contributed by atoms with E-state index in [4.69, 9.17) is 4.74 Å². The molecule has 0 unspecified atom stereocenters. The van der Waals surface area contributed by atoms with E-state index in [9.17, 15) is 0 Å². The van der Waals surface area contributed by atoms with Crippen LogP contribution in [-0.2, 0) is 11.3 Å². The summed E-state index contributed by atoms with van der Waals surface area (Å²) in [4.78, 5) is 6.59. The van der Waals surface area contributed by atoms with Crippen molar-refractivity contribution < 1.29 is 4.74 Å². The predicted octanol–water partition coefficient (Wildman–Crippen LogP) is 3.36. The lowest BCUT2D eigenvalue weighted by Crippen LogP contribution is -2.38. The zero-order valence-electron chi connectivity index (χ0n) is 15.5. The summed E-state index contributed by atoms with van der Waals surface area (Å²) in [5, 5.41) is 8.79. The third-order valence-electron chi connectivity index (χ3n) is 5.13. The summed E-state index contributed by atoms with van der Waals surface area (Å²) >= 11 is 0. The van der Waals surface area contributed by atoms with E-state index < -0.39 is 0 Å². The van der Waals surface area contributed by atoms with Crippen LogP contribution in [0, 0.1) is 0 Å². The lowest BCUT2D eigenvalue weighted by molar-refractivity contribution is -0.0343. The molecular weight excluding hydrogens is 350 g/mol. The Bertz CT molecular complexity index is 1060. The van der Waals surface area contributed by atoms with E-state index >= 15 is 0 Å². The number of morpholine rings is 1. The fourth-order valence-electron chi connectivity index (χ4n) is 3.71. The van der Waals surface area contributed by atoms with Crippen molar-refractivity contribution in [2.24, 2.45) is 0 Å². The highest BCUT2D eigenvalue weighted by Gasteiger charge is 2.26. The van der Waals surface area contributed by atoms with Gasteiger partial charge in [0.2, 0.25) is 0 Å². The second kappa shape index (κ2) is 7.50. The molecule has 0 spiro atoms. The van der Waals surface area contributed by atoms with Gasteiger partial charge < -0.3 is 4.74 Å². The zero-order valence-corrected chi connectivity index (χ0v) is 15.5. The molecule has 0 amide bonds. The van der Waals surface area contributed by atoms with Crippen molar-refractivity contribution in [2.75, 3.05) is 19.7 Å². The average molecular weight is 371 g/mol. The number of pyridine rings is 2. The number of hydrogen-bond acceptors (Lipinski definition) is 5. The lowest BCUT2D eigenvalue weighted by atomic mass is 10.1. The predicted molar refractivity (Wildman–Crippen MR) is 107 cm³/mol. The largest absolute Gasteiger partial charge is 0.369 e. The minimum absolute atomic E-state index is 0.0782. The molecule has 1 fully saturated rings. The molecule has 0 radical (unpaired) electrons. The number of nitrogens with zero attached hydrogens (tertiary/aromatic N) is 5. The molecule has 4 heterocycles. The highest BCUT2D eigenvalue weighted by molar-refractivity contribution is 5.66. The Morgan fingerprint density at radius 1 is 1.00 bits per heavy atom. The number of fused-ring (bicyclic) bond motifs is 1. The number of ether oxygens (including phenoxy) is 1. The number of hydrogen-bond donors (Lipinski definition) is 0. The molecule has 1 aromatic carbocycles. The molecule has 1 aliphatic rings.